The minimum Gasteiger partial charge on any atom is -0.384 e. The molecular weight excluding hydrogens is 246 g/mol. The lowest BCUT2D eigenvalue weighted by atomic mass is 9.93. The van der Waals surface area contributed by atoms with Crippen LogP contribution in [0.2, 0.25) is 0 Å². The standard InChI is InChI=1S/C16H16F2O/c1-9-4-11(3)15(5-10(9)2)16(19)12-6-13(17)8-14(18)7-12/h4-8,16,19H,1-3H3. The highest BCUT2D eigenvalue weighted by molar-refractivity contribution is 5.41. The number of aliphatic hydroxyl groups excluding tert-OH is 1. The summed E-state index contributed by atoms with van der Waals surface area (Å²) in [5.74, 6) is -1.37. The van der Waals surface area contributed by atoms with Crippen molar-refractivity contribution in [1.29, 1.82) is 0 Å². The second-order valence-corrected chi connectivity index (χ2v) is 4.90. The fourth-order valence-corrected chi connectivity index (χ4v) is 2.19. The lowest BCUT2D eigenvalue weighted by molar-refractivity contribution is 0.218. The molecule has 0 aromatic heterocycles. The predicted octanol–water partition coefficient (Wildman–Crippen LogP) is 3.97. The average Bonchev–Trinajstić information content (AvgIpc) is 2.31. The fraction of sp³-hybridized carbons (Fsp3) is 0.250. The second-order valence-electron chi connectivity index (χ2n) is 4.90. The van der Waals surface area contributed by atoms with Crippen LogP contribution in [0.25, 0.3) is 0 Å². The number of halogens is 2. The quantitative estimate of drug-likeness (QED) is 0.868. The van der Waals surface area contributed by atoms with E-state index >= 15 is 0 Å². The SMILES string of the molecule is Cc1cc(C)c(C(O)c2cc(F)cc(F)c2)cc1C. The van der Waals surface area contributed by atoms with Crippen molar-refractivity contribution < 1.29 is 13.9 Å². The van der Waals surface area contributed by atoms with E-state index in [0.717, 1.165) is 34.9 Å². The van der Waals surface area contributed by atoms with Crippen LogP contribution >= 0.6 is 0 Å². The first kappa shape index (κ1) is 13.7. The summed E-state index contributed by atoms with van der Waals surface area (Å²) in [6, 6.07) is 6.93. The molecule has 2 aromatic rings. The van der Waals surface area contributed by atoms with E-state index in [0.29, 0.717) is 5.56 Å². The molecule has 1 atom stereocenters. The van der Waals surface area contributed by atoms with E-state index in [1.165, 1.54) is 0 Å². The highest BCUT2D eigenvalue weighted by atomic mass is 19.1. The third kappa shape index (κ3) is 2.82. The molecule has 0 radical (unpaired) electrons. The first-order valence-electron chi connectivity index (χ1n) is 6.10. The van der Waals surface area contributed by atoms with E-state index in [2.05, 4.69) is 0 Å². The molecule has 2 aromatic carbocycles. The Kier molecular flexibility index (Phi) is 3.67. The zero-order chi connectivity index (χ0) is 14.2. The molecule has 0 spiro atoms. The van der Waals surface area contributed by atoms with Gasteiger partial charge in [-0.3, -0.25) is 0 Å². The van der Waals surface area contributed by atoms with E-state index in [1.807, 2.05) is 32.9 Å². The summed E-state index contributed by atoms with van der Waals surface area (Å²) in [6.07, 6.45) is -1.02. The molecule has 0 aliphatic carbocycles. The summed E-state index contributed by atoms with van der Waals surface area (Å²) < 4.78 is 26.4. The number of aryl methyl sites for hydroxylation is 3. The van der Waals surface area contributed by atoms with Crippen LogP contribution in [0.4, 0.5) is 8.78 Å². The van der Waals surface area contributed by atoms with Gasteiger partial charge in [0.25, 0.3) is 0 Å². The van der Waals surface area contributed by atoms with E-state index in [-0.39, 0.29) is 5.56 Å². The highest BCUT2D eigenvalue weighted by Crippen LogP contribution is 2.28. The zero-order valence-electron chi connectivity index (χ0n) is 11.2. The molecule has 0 aliphatic heterocycles. The van der Waals surface area contributed by atoms with E-state index in [9.17, 15) is 13.9 Å². The van der Waals surface area contributed by atoms with Crippen LogP contribution in [0, 0.1) is 32.4 Å². The van der Waals surface area contributed by atoms with Gasteiger partial charge in [0, 0.05) is 6.07 Å². The van der Waals surface area contributed by atoms with E-state index in [4.69, 9.17) is 0 Å². The molecule has 19 heavy (non-hydrogen) atoms. The zero-order valence-corrected chi connectivity index (χ0v) is 11.2. The summed E-state index contributed by atoms with van der Waals surface area (Å²) >= 11 is 0. The molecule has 2 rings (SSSR count). The van der Waals surface area contributed by atoms with Gasteiger partial charge < -0.3 is 5.11 Å². The number of hydrogen-bond acceptors (Lipinski definition) is 1. The molecule has 0 saturated heterocycles. The maximum Gasteiger partial charge on any atom is 0.126 e. The third-order valence-corrected chi connectivity index (χ3v) is 3.38. The smallest absolute Gasteiger partial charge is 0.126 e. The Bertz CT molecular complexity index is 600. The van der Waals surface area contributed by atoms with Gasteiger partial charge in [0.05, 0.1) is 0 Å². The molecule has 0 saturated carbocycles. The molecule has 0 amide bonds. The van der Waals surface area contributed by atoms with Gasteiger partial charge in [0.1, 0.15) is 17.7 Å². The number of rotatable bonds is 2. The van der Waals surface area contributed by atoms with Crippen LogP contribution in [-0.4, -0.2) is 5.11 Å². The van der Waals surface area contributed by atoms with Crippen LogP contribution < -0.4 is 0 Å². The lowest BCUT2D eigenvalue weighted by Crippen LogP contribution is -2.04. The first-order chi connectivity index (χ1) is 8.88. The van der Waals surface area contributed by atoms with E-state index < -0.39 is 17.7 Å². The molecule has 3 heteroatoms. The summed E-state index contributed by atoms with van der Waals surface area (Å²) in [5, 5.41) is 10.3. The van der Waals surface area contributed by atoms with Gasteiger partial charge in [-0.1, -0.05) is 12.1 Å². The molecule has 1 nitrogen and oxygen atoms in total. The molecule has 0 bridgehead atoms. The first-order valence-corrected chi connectivity index (χ1v) is 6.10. The minimum atomic E-state index is -1.02. The van der Waals surface area contributed by atoms with E-state index in [1.54, 1.807) is 0 Å². The van der Waals surface area contributed by atoms with Gasteiger partial charge in [-0.2, -0.15) is 0 Å². The maximum absolute atomic E-state index is 13.2. The summed E-state index contributed by atoms with van der Waals surface area (Å²) in [6.45, 7) is 5.80. The predicted molar refractivity (Wildman–Crippen MR) is 71.1 cm³/mol. The normalized spacial score (nSPS) is 12.5. The number of hydrogen-bond donors (Lipinski definition) is 1. The van der Waals surface area contributed by atoms with Gasteiger partial charge in [0.2, 0.25) is 0 Å². The van der Waals surface area contributed by atoms with Gasteiger partial charge >= 0.3 is 0 Å². The molecule has 0 heterocycles. The van der Waals surface area contributed by atoms with Gasteiger partial charge in [-0.25, -0.2) is 8.78 Å². The van der Waals surface area contributed by atoms with Gasteiger partial charge in [-0.05, 0) is 60.7 Å². The van der Waals surface area contributed by atoms with Crippen molar-refractivity contribution in [2.45, 2.75) is 26.9 Å². The highest BCUT2D eigenvalue weighted by Gasteiger charge is 2.15. The fourth-order valence-electron chi connectivity index (χ4n) is 2.19. The summed E-state index contributed by atoms with van der Waals surface area (Å²) in [7, 11) is 0. The van der Waals surface area contributed by atoms with Crippen molar-refractivity contribution >= 4 is 0 Å². The van der Waals surface area contributed by atoms with Crippen LogP contribution in [0.15, 0.2) is 30.3 Å². The average molecular weight is 262 g/mol. The Morgan fingerprint density at radius 2 is 1.32 bits per heavy atom. The van der Waals surface area contributed by atoms with Crippen LogP contribution in [0.3, 0.4) is 0 Å². The van der Waals surface area contributed by atoms with Crippen molar-refractivity contribution in [2.75, 3.05) is 0 Å². The molecule has 0 aliphatic rings. The number of benzene rings is 2. The minimum absolute atomic E-state index is 0.226. The largest absolute Gasteiger partial charge is 0.384 e. The molecule has 100 valence electrons. The van der Waals surface area contributed by atoms with Gasteiger partial charge in [-0.15, -0.1) is 0 Å². The number of aliphatic hydroxyl groups is 1. The Labute approximate surface area is 111 Å². The van der Waals surface area contributed by atoms with Gasteiger partial charge in [0.15, 0.2) is 0 Å². The van der Waals surface area contributed by atoms with Crippen LogP contribution in [0.5, 0.6) is 0 Å². The van der Waals surface area contributed by atoms with Crippen LogP contribution in [0.1, 0.15) is 33.9 Å². The Hall–Kier alpha value is -1.74. The van der Waals surface area contributed by atoms with Crippen LogP contribution in [-0.2, 0) is 0 Å². The Morgan fingerprint density at radius 1 is 0.789 bits per heavy atom. The summed E-state index contributed by atoms with van der Waals surface area (Å²) in [5.41, 5.74) is 3.97. The second kappa shape index (κ2) is 5.10. The van der Waals surface area contributed by atoms with Crippen molar-refractivity contribution in [2.24, 2.45) is 0 Å². The monoisotopic (exact) mass is 262 g/mol. The molecule has 1 N–H and O–H groups in total. The molecule has 0 fully saturated rings. The van der Waals surface area contributed by atoms with Crippen molar-refractivity contribution in [1.82, 2.24) is 0 Å². The third-order valence-electron chi connectivity index (χ3n) is 3.38. The Morgan fingerprint density at radius 3 is 1.89 bits per heavy atom. The topological polar surface area (TPSA) is 20.2 Å². The van der Waals surface area contributed by atoms with Crippen molar-refractivity contribution in [3.05, 3.63) is 69.8 Å². The Balaban J connectivity index is 2.49. The molecular formula is C16H16F2O. The lowest BCUT2D eigenvalue weighted by Gasteiger charge is -2.16. The van der Waals surface area contributed by atoms with Crippen molar-refractivity contribution in [3.63, 3.8) is 0 Å². The summed E-state index contributed by atoms with van der Waals surface area (Å²) in [4.78, 5) is 0. The molecule has 1 unspecified atom stereocenters. The maximum atomic E-state index is 13.2. The van der Waals surface area contributed by atoms with Crippen molar-refractivity contribution in [3.8, 4) is 0 Å².